The van der Waals surface area contributed by atoms with Crippen molar-refractivity contribution in [2.24, 2.45) is 10.2 Å². The molecule has 0 aliphatic heterocycles. The molecule has 0 bridgehead atoms. The van der Waals surface area contributed by atoms with Gasteiger partial charge in [-0.15, -0.1) is 0 Å². The van der Waals surface area contributed by atoms with Crippen LogP contribution in [0.15, 0.2) is 70.9 Å². The molecular formula is C27H42N4OSi2. The van der Waals surface area contributed by atoms with E-state index >= 15 is 0 Å². The van der Waals surface area contributed by atoms with Crippen LogP contribution in [0.1, 0.15) is 37.8 Å². The summed E-state index contributed by atoms with van der Waals surface area (Å²) in [6, 6.07) is 20.9. The Morgan fingerprint density at radius 1 is 0.676 bits per heavy atom. The SMILES string of the molecule is CC(=O)CC(CC(C)=NN(Cc1ccccc1)[Si](C)(C)C)=NN(Cc1ccccc1)[Si](C)(C)C. The van der Waals surface area contributed by atoms with Gasteiger partial charge in [0.2, 0.25) is 0 Å². The first kappa shape index (κ1) is 27.7. The summed E-state index contributed by atoms with van der Waals surface area (Å²) in [6.07, 6.45) is 0.958. The third kappa shape index (κ3) is 9.77. The van der Waals surface area contributed by atoms with Crippen molar-refractivity contribution in [2.45, 2.75) is 79.1 Å². The molecule has 0 aliphatic carbocycles. The Hall–Kier alpha value is -2.52. The minimum absolute atomic E-state index is 0.133. The first-order chi connectivity index (χ1) is 15.8. The van der Waals surface area contributed by atoms with Gasteiger partial charge in [-0.2, -0.15) is 10.2 Å². The van der Waals surface area contributed by atoms with Crippen molar-refractivity contribution in [3.8, 4) is 0 Å². The van der Waals surface area contributed by atoms with E-state index in [1.165, 1.54) is 11.1 Å². The summed E-state index contributed by atoms with van der Waals surface area (Å²) >= 11 is 0. The van der Waals surface area contributed by atoms with E-state index in [-0.39, 0.29) is 5.78 Å². The zero-order valence-corrected chi connectivity index (χ0v) is 24.3. The molecule has 5 nitrogen and oxygen atoms in total. The van der Waals surface area contributed by atoms with E-state index in [1.54, 1.807) is 6.92 Å². The van der Waals surface area contributed by atoms with Crippen molar-refractivity contribution in [1.82, 2.24) is 9.35 Å². The van der Waals surface area contributed by atoms with Gasteiger partial charge < -0.3 is 9.35 Å². The number of hydrogen-bond donors (Lipinski definition) is 0. The number of hydrazone groups is 2. The minimum atomic E-state index is -1.76. The van der Waals surface area contributed by atoms with E-state index in [0.29, 0.717) is 12.8 Å². The van der Waals surface area contributed by atoms with Crippen LogP contribution in [0.4, 0.5) is 0 Å². The molecule has 0 saturated heterocycles. The van der Waals surface area contributed by atoms with Crippen molar-refractivity contribution in [3.63, 3.8) is 0 Å². The van der Waals surface area contributed by atoms with Gasteiger partial charge in [0.25, 0.3) is 0 Å². The molecule has 0 radical (unpaired) electrons. The fraction of sp³-hybridized carbons (Fsp3) is 0.444. The lowest BCUT2D eigenvalue weighted by molar-refractivity contribution is -0.115. The highest BCUT2D eigenvalue weighted by Gasteiger charge is 2.25. The first-order valence-corrected chi connectivity index (χ1v) is 19.0. The number of benzene rings is 2. The van der Waals surface area contributed by atoms with Crippen molar-refractivity contribution in [3.05, 3.63) is 71.8 Å². The molecule has 184 valence electrons. The Balaban J connectivity index is 2.32. The zero-order chi connectivity index (χ0) is 25.4. The van der Waals surface area contributed by atoms with Crippen molar-refractivity contribution in [1.29, 1.82) is 0 Å². The third-order valence-electron chi connectivity index (χ3n) is 5.37. The number of hydrogen-bond acceptors (Lipinski definition) is 5. The number of carbonyl (C=O) groups excluding carboxylic acids is 1. The highest BCUT2D eigenvalue weighted by molar-refractivity contribution is 6.73. The molecule has 0 aromatic heterocycles. The Morgan fingerprint density at radius 3 is 1.47 bits per heavy atom. The molecule has 2 aromatic carbocycles. The smallest absolute Gasteiger partial charge is 0.169 e. The second kappa shape index (κ2) is 12.3. The quantitative estimate of drug-likeness (QED) is 0.186. The van der Waals surface area contributed by atoms with Gasteiger partial charge >= 0.3 is 0 Å². The number of carbonyl (C=O) groups is 1. The number of Topliss-reactive ketones (excluding diaryl/α,β-unsaturated/α-hetero) is 1. The van der Waals surface area contributed by atoms with E-state index in [2.05, 4.69) is 104 Å². The fourth-order valence-corrected chi connectivity index (χ4v) is 5.71. The van der Waals surface area contributed by atoms with Crippen LogP contribution in [0.25, 0.3) is 0 Å². The Kier molecular flexibility index (Phi) is 10.0. The van der Waals surface area contributed by atoms with Gasteiger partial charge in [-0.3, -0.25) is 4.79 Å². The predicted octanol–water partition coefficient (Wildman–Crippen LogP) is 6.76. The number of ketones is 1. The highest BCUT2D eigenvalue weighted by Crippen LogP contribution is 2.18. The lowest BCUT2D eigenvalue weighted by Gasteiger charge is -2.33. The van der Waals surface area contributed by atoms with Crippen LogP contribution >= 0.6 is 0 Å². The van der Waals surface area contributed by atoms with Gasteiger partial charge in [0, 0.05) is 18.6 Å². The summed E-state index contributed by atoms with van der Waals surface area (Å²) in [5.41, 5.74) is 4.37. The molecule has 0 unspecified atom stereocenters. The Morgan fingerprint density at radius 2 is 1.09 bits per heavy atom. The lowest BCUT2D eigenvalue weighted by atomic mass is 10.1. The molecule has 34 heavy (non-hydrogen) atoms. The summed E-state index contributed by atoms with van der Waals surface area (Å²) < 4.78 is 4.50. The first-order valence-electron chi connectivity index (χ1n) is 12.1. The molecule has 7 heteroatoms. The summed E-state index contributed by atoms with van der Waals surface area (Å²) in [5.74, 6) is 0.133. The second-order valence-electron chi connectivity index (χ2n) is 11.0. The summed E-state index contributed by atoms with van der Waals surface area (Å²) in [7, 11) is -3.45. The Labute approximate surface area is 208 Å². The van der Waals surface area contributed by atoms with Crippen molar-refractivity contribution >= 4 is 33.7 Å². The van der Waals surface area contributed by atoms with Crippen molar-refractivity contribution in [2.75, 3.05) is 0 Å². The van der Waals surface area contributed by atoms with E-state index in [0.717, 1.165) is 24.5 Å². The average molecular weight is 495 g/mol. The number of rotatable bonds is 12. The van der Waals surface area contributed by atoms with E-state index < -0.39 is 16.5 Å². The van der Waals surface area contributed by atoms with E-state index in [1.807, 2.05) is 12.1 Å². The fourth-order valence-electron chi connectivity index (χ4n) is 3.49. The van der Waals surface area contributed by atoms with Gasteiger partial charge in [0.15, 0.2) is 16.5 Å². The maximum Gasteiger partial charge on any atom is 0.169 e. The Bertz CT molecular complexity index is 977. The van der Waals surface area contributed by atoms with E-state index in [9.17, 15) is 4.79 Å². The molecule has 0 atom stereocenters. The second-order valence-corrected chi connectivity index (χ2v) is 20.7. The van der Waals surface area contributed by atoms with E-state index in [4.69, 9.17) is 10.2 Å². The molecular weight excluding hydrogens is 452 g/mol. The van der Waals surface area contributed by atoms with Gasteiger partial charge in [-0.25, -0.2) is 0 Å². The molecule has 0 amide bonds. The molecule has 2 aromatic rings. The van der Waals surface area contributed by atoms with Crippen LogP contribution in [0.3, 0.4) is 0 Å². The van der Waals surface area contributed by atoms with Gasteiger partial charge in [0.05, 0.1) is 18.8 Å². The largest absolute Gasteiger partial charge is 0.320 e. The maximum atomic E-state index is 12.1. The molecule has 0 fully saturated rings. The third-order valence-corrected chi connectivity index (χ3v) is 8.98. The van der Waals surface area contributed by atoms with Crippen LogP contribution in [0.5, 0.6) is 0 Å². The average Bonchev–Trinajstić information content (AvgIpc) is 2.72. The molecule has 0 aliphatic rings. The zero-order valence-electron chi connectivity index (χ0n) is 22.3. The minimum Gasteiger partial charge on any atom is -0.320 e. The highest BCUT2D eigenvalue weighted by atomic mass is 28.3. The normalized spacial score (nSPS) is 13.1. The molecule has 0 spiro atoms. The molecule has 0 saturated carbocycles. The molecule has 2 rings (SSSR count). The van der Waals surface area contributed by atoms with Crippen LogP contribution in [0, 0.1) is 0 Å². The number of nitrogens with zero attached hydrogens (tertiary/aromatic N) is 4. The summed E-state index contributed by atoms with van der Waals surface area (Å²) in [6.45, 7) is 19.0. The van der Waals surface area contributed by atoms with Crippen LogP contribution in [-0.2, 0) is 17.9 Å². The van der Waals surface area contributed by atoms with Crippen LogP contribution in [0.2, 0.25) is 39.3 Å². The van der Waals surface area contributed by atoms with Crippen LogP contribution < -0.4 is 0 Å². The molecule has 0 heterocycles. The van der Waals surface area contributed by atoms with Gasteiger partial charge in [0.1, 0.15) is 5.78 Å². The monoisotopic (exact) mass is 494 g/mol. The van der Waals surface area contributed by atoms with Crippen LogP contribution in [-0.4, -0.2) is 43.0 Å². The summed E-state index contributed by atoms with van der Waals surface area (Å²) in [5, 5.41) is 10.1. The van der Waals surface area contributed by atoms with Crippen molar-refractivity contribution < 1.29 is 4.79 Å². The van der Waals surface area contributed by atoms with Gasteiger partial charge in [-0.1, -0.05) is 99.9 Å². The molecule has 0 N–H and O–H groups in total. The van der Waals surface area contributed by atoms with Gasteiger partial charge in [-0.05, 0) is 25.0 Å². The topological polar surface area (TPSA) is 48.3 Å². The standard InChI is InChI=1S/C27H42N4OSi2/c1-23(28-30(33(3,4)5)21-25-15-11-9-12-16-25)19-27(20-24(2)32)29-31(34(6,7)8)22-26-17-13-10-14-18-26/h9-18H,19-22H2,1-8H3. The predicted molar refractivity (Wildman–Crippen MR) is 151 cm³/mol. The maximum absolute atomic E-state index is 12.1. The summed E-state index contributed by atoms with van der Waals surface area (Å²) in [4.78, 5) is 12.1. The lowest BCUT2D eigenvalue weighted by Crippen LogP contribution is -2.43.